The van der Waals surface area contributed by atoms with E-state index in [1.54, 1.807) is 12.3 Å². The Bertz CT molecular complexity index is 1140. The zero-order valence-corrected chi connectivity index (χ0v) is 16.8. The molecule has 0 spiro atoms. The van der Waals surface area contributed by atoms with Gasteiger partial charge in [0, 0.05) is 44.1 Å². The number of pyridine rings is 1. The van der Waals surface area contributed by atoms with Crippen LogP contribution in [0.4, 0.5) is 16.0 Å². The molecule has 5 rings (SSSR count). The van der Waals surface area contributed by atoms with Crippen molar-refractivity contribution in [1.82, 2.24) is 19.7 Å². The first-order valence-electron chi connectivity index (χ1n) is 10.2. The molecule has 1 fully saturated rings. The van der Waals surface area contributed by atoms with Gasteiger partial charge in [0.05, 0.1) is 11.2 Å². The molecule has 0 saturated carbocycles. The molecule has 4 heterocycles. The number of rotatable bonds is 4. The number of fused-ring (bicyclic) bond motifs is 1. The van der Waals surface area contributed by atoms with Gasteiger partial charge < -0.3 is 14.8 Å². The van der Waals surface area contributed by atoms with Crippen LogP contribution in [0.5, 0.6) is 0 Å². The number of benzene rings is 1. The van der Waals surface area contributed by atoms with E-state index in [0.717, 1.165) is 59.7 Å². The number of anilines is 2. The van der Waals surface area contributed by atoms with E-state index in [0.29, 0.717) is 6.04 Å². The molecule has 0 amide bonds. The lowest BCUT2D eigenvalue weighted by atomic mass is 10.0. The van der Waals surface area contributed by atoms with E-state index in [1.165, 1.54) is 6.07 Å². The number of nitrogens with one attached hydrogen (secondary N) is 1. The molecule has 1 aliphatic rings. The molecular formula is C23H23FN6. The van der Waals surface area contributed by atoms with E-state index < -0.39 is 0 Å². The SMILES string of the molecule is CNc1ccc(-c2ccc(N3CCC(n4ccc5ccc(F)cc54)CC3)nn2)cn1. The molecule has 1 saturated heterocycles. The molecule has 3 aromatic heterocycles. The number of halogens is 1. The summed E-state index contributed by atoms with van der Waals surface area (Å²) in [7, 11) is 1.84. The van der Waals surface area contributed by atoms with E-state index in [4.69, 9.17) is 0 Å². The molecule has 0 atom stereocenters. The molecule has 6 nitrogen and oxygen atoms in total. The number of nitrogens with zero attached hydrogens (tertiary/aromatic N) is 5. The third-order valence-electron chi connectivity index (χ3n) is 5.83. The summed E-state index contributed by atoms with van der Waals surface area (Å²) in [5, 5.41) is 12.9. The largest absolute Gasteiger partial charge is 0.373 e. The first-order valence-corrected chi connectivity index (χ1v) is 10.2. The average molecular weight is 402 g/mol. The molecule has 1 N–H and O–H groups in total. The summed E-state index contributed by atoms with van der Waals surface area (Å²) in [4.78, 5) is 6.60. The highest BCUT2D eigenvalue weighted by atomic mass is 19.1. The minimum atomic E-state index is -0.189. The minimum absolute atomic E-state index is 0.189. The molecular weight excluding hydrogens is 379 g/mol. The van der Waals surface area contributed by atoms with E-state index in [1.807, 2.05) is 37.4 Å². The van der Waals surface area contributed by atoms with Gasteiger partial charge in [0.25, 0.3) is 0 Å². The highest BCUT2D eigenvalue weighted by Crippen LogP contribution is 2.30. The van der Waals surface area contributed by atoms with Crippen LogP contribution in [0.2, 0.25) is 0 Å². The summed E-state index contributed by atoms with van der Waals surface area (Å²) in [6.45, 7) is 1.79. The Morgan fingerprint density at radius 1 is 1.00 bits per heavy atom. The molecule has 0 bridgehead atoms. The van der Waals surface area contributed by atoms with Gasteiger partial charge in [0.15, 0.2) is 5.82 Å². The van der Waals surface area contributed by atoms with Gasteiger partial charge in [-0.25, -0.2) is 9.37 Å². The zero-order valence-electron chi connectivity index (χ0n) is 16.8. The maximum absolute atomic E-state index is 13.7. The van der Waals surface area contributed by atoms with Gasteiger partial charge in [-0.1, -0.05) is 0 Å². The molecule has 30 heavy (non-hydrogen) atoms. The predicted octanol–water partition coefficient (Wildman–Crippen LogP) is 4.52. The van der Waals surface area contributed by atoms with E-state index in [2.05, 4.69) is 42.2 Å². The lowest BCUT2D eigenvalue weighted by Crippen LogP contribution is -2.35. The topological polar surface area (TPSA) is 58.9 Å². The summed E-state index contributed by atoms with van der Waals surface area (Å²) < 4.78 is 15.9. The first-order chi connectivity index (χ1) is 14.7. The van der Waals surface area contributed by atoms with Gasteiger partial charge in [-0.05, 0) is 66.8 Å². The minimum Gasteiger partial charge on any atom is -0.373 e. The Kier molecular flexibility index (Phi) is 4.78. The van der Waals surface area contributed by atoms with Crippen LogP contribution in [0.25, 0.3) is 22.2 Å². The van der Waals surface area contributed by atoms with Crippen LogP contribution < -0.4 is 10.2 Å². The molecule has 4 aromatic rings. The first kappa shape index (κ1) is 18.5. The second kappa shape index (κ2) is 7.74. The molecule has 1 aliphatic heterocycles. The molecule has 0 unspecified atom stereocenters. The standard InChI is InChI=1S/C23H23FN6/c1-25-22-6-3-17(15-26-22)20-5-7-23(28-27-20)29-11-9-19(10-12-29)30-13-8-16-2-4-18(24)14-21(16)30/h2-8,13-15,19H,9-12H2,1H3,(H,25,26). The quantitative estimate of drug-likeness (QED) is 0.544. The van der Waals surface area contributed by atoms with Gasteiger partial charge in [-0.2, -0.15) is 0 Å². The van der Waals surface area contributed by atoms with Crippen molar-refractivity contribution in [3.63, 3.8) is 0 Å². The maximum Gasteiger partial charge on any atom is 0.151 e. The van der Waals surface area contributed by atoms with Gasteiger partial charge >= 0.3 is 0 Å². The van der Waals surface area contributed by atoms with Gasteiger partial charge in [-0.3, -0.25) is 0 Å². The van der Waals surface area contributed by atoms with Crippen LogP contribution in [0.1, 0.15) is 18.9 Å². The Morgan fingerprint density at radius 3 is 2.57 bits per heavy atom. The second-order valence-electron chi connectivity index (χ2n) is 7.60. The zero-order chi connectivity index (χ0) is 20.5. The molecule has 0 aliphatic carbocycles. The normalized spacial score (nSPS) is 14.9. The average Bonchev–Trinajstić information content (AvgIpc) is 3.22. The molecule has 7 heteroatoms. The van der Waals surface area contributed by atoms with Crippen LogP contribution in [0.3, 0.4) is 0 Å². The highest BCUT2D eigenvalue weighted by molar-refractivity contribution is 5.80. The monoisotopic (exact) mass is 402 g/mol. The van der Waals surface area contributed by atoms with Crippen molar-refractivity contribution in [2.45, 2.75) is 18.9 Å². The third-order valence-corrected chi connectivity index (χ3v) is 5.83. The van der Waals surface area contributed by atoms with E-state index in [9.17, 15) is 4.39 Å². The van der Waals surface area contributed by atoms with Crippen molar-refractivity contribution in [2.24, 2.45) is 0 Å². The summed E-state index contributed by atoms with van der Waals surface area (Å²) in [6, 6.07) is 15.3. The fraction of sp³-hybridized carbons (Fsp3) is 0.261. The van der Waals surface area contributed by atoms with E-state index in [-0.39, 0.29) is 5.82 Å². The lowest BCUT2D eigenvalue weighted by molar-refractivity contribution is 0.403. The Labute approximate surface area is 174 Å². The Morgan fingerprint density at radius 2 is 1.87 bits per heavy atom. The van der Waals surface area contributed by atoms with Crippen molar-refractivity contribution in [2.75, 3.05) is 30.4 Å². The van der Waals surface area contributed by atoms with Crippen LogP contribution >= 0.6 is 0 Å². The van der Waals surface area contributed by atoms with Crippen molar-refractivity contribution >= 4 is 22.5 Å². The molecule has 1 aromatic carbocycles. The predicted molar refractivity (Wildman–Crippen MR) is 117 cm³/mol. The van der Waals surface area contributed by atoms with Gasteiger partial charge in [0.1, 0.15) is 11.6 Å². The van der Waals surface area contributed by atoms with Crippen molar-refractivity contribution in [1.29, 1.82) is 0 Å². The highest BCUT2D eigenvalue weighted by Gasteiger charge is 2.22. The molecule has 152 valence electrons. The Hall–Kier alpha value is -3.48. The van der Waals surface area contributed by atoms with Crippen molar-refractivity contribution < 1.29 is 4.39 Å². The Balaban J connectivity index is 1.27. The van der Waals surface area contributed by atoms with E-state index >= 15 is 0 Å². The van der Waals surface area contributed by atoms with Crippen molar-refractivity contribution in [3.8, 4) is 11.3 Å². The maximum atomic E-state index is 13.7. The third kappa shape index (κ3) is 3.47. The van der Waals surface area contributed by atoms with Crippen LogP contribution in [-0.2, 0) is 0 Å². The summed E-state index contributed by atoms with van der Waals surface area (Å²) in [6.07, 6.45) is 5.84. The van der Waals surface area contributed by atoms with Gasteiger partial charge in [-0.15, -0.1) is 10.2 Å². The van der Waals surface area contributed by atoms with Gasteiger partial charge in [0.2, 0.25) is 0 Å². The summed E-state index contributed by atoms with van der Waals surface area (Å²) in [5.74, 6) is 1.52. The number of hydrogen-bond donors (Lipinski definition) is 1. The molecule has 0 radical (unpaired) electrons. The smallest absolute Gasteiger partial charge is 0.151 e. The fourth-order valence-electron chi connectivity index (χ4n) is 4.15. The fourth-order valence-corrected chi connectivity index (χ4v) is 4.15. The van der Waals surface area contributed by atoms with Crippen LogP contribution in [-0.4, -0.2) is 39.9 Å². The van der Waals surface area contributed by atoms with Crippen molar-refractivity contribution in [3.05, 3.63) is 66.7 Å². The van der Waals surface area contributed by atoms with Crippen LogP contribution in [0, 0.1) is 5.82 Å². The second-order valence-corrected chi connectivity index (χ2v) is 7.60. The lowest BCUT2D eigenvalue weighted by Gasteiger charge is -2.33. The number of hydrogen-bond acceptors (Lipinski definition) is 5. The van der Waals surface area contributed by atoms with Crippen LogP contribution in [0.15, 0.2) is 60.9 Å². The summed E-state index contributed by atoms with van der Waals surface area (Å²) in [5.41, 5.74) is 2.72. The number of aromatic nitrogens is 4. The number of piperidine rings is 1. The summed E-state index contributed by atoms with van der Waals surface area (Å²) >= 11 is 0.